The van der Waals surface area contributed by atoms with Gasteiger partial charge < -0.3 is 5.32 Å². The fourth-order valence-electron chi connectivity index (χ4n) is 1.13. The maximum atomic E-state index is 12.6. The summed E-state index contributed by atoms with van der Waals surface area (Å²) in [4.78, 5) is 3.74. The minimum absolute atomic E-state index is 0.0593. The van der Waals surface area contributed by atoms with Gasteiger partial charge in [-0.25, -0.2) is 4.98 Å². The lowest BCUT2D eigenvalue weighted by Crippen LogP contribution is -2.24. The summed E-state index contributed by atoms with van der Waals surface area (Å²) in [5.74, 6) is 0.138. The summed E-state index contributed by atoms with van der Waals surface area (Å²) in [6, 6.07) is 2.26. The molecule has 0 aliphatic carbocycles. The molecule has 0 aromatic carbocycles. The number of nitrogens with zero attached hydrogens (tertiary/aromatic N) is 1. The van der Waals surface area contributed by atoms with E-state index in [1.54, 1.807) is 0 Å². The van der Waals surface area contributed by atoms with Crippen molar-refractivity contribution in [3.8, 4) is 0 Å². The molecule has 0 aliphatic heterocycles. The zero-order chi connectivity index (χ0) is 12.3. The van der Waals surface area contributed by atoms with Crippen molar-refractivity contribution in [3.63, 3.8) is 0 Å². The molecular weight excluding hydrogens is 217 g/mol. The molecule has 1 aromatic rings. The zero-order valence-corrected chi connectivity index (χ0v) is 9.47. The van der Waals surface area contributed by atoms with Gasteiger partial charge in [-0.05, 0) is 25.0 Å². The van der Waals surface area contributed by atoms with Crippen LogP contribution in [0.4, 0.5) is 19.0 Å². The number of pyridine rings is 1. The van der Waals surface area contributed by atoms with Crippen molar-refractivity contribution in [1.82, 2.24) is 4.98 Å². The average molecular weight is 232 g/mol. The maximum Gasteiger partial charge on any atom is 0.419 e. The maximum absolute atomic E-state index is 12.6. The predicted octanol–water partition coefficient (Wildman–Crippen LogP) is 3.56. The van der Waals surface area contributed by atoms with Gasteiger partial charge in [0.1, 0.15) is 5.82 Å². The minimum atomic E-state index is -4.37. The molecule has 1 N–H and O–H groups in total. The van der Waals surface area contributed by atoms with E-state index in [-0.39, 0.29) is 17.8 Å². The highest BCUT2D eigenvalue weighted by Gasteiger charge is 2.34. The topological polar surface area (TPSA) is 24.9 Å². The van der Waals surface area contributed by atoms with E-state index in [4.69, 9.17) is 0 Å². The zero-order valence-electron chi connectivity index (χ0n) is 9.47. The molecule has 0 saturated heterocycles. The van der Waals surface area contributed by atoms with Gasteiger partial charge in [-0.3, -0.25) is 0 Å². The monoisotopic (exact) mass is 232 g/mol. The Bertz CT molecular complexity index is 347. The predicted molar refractivity (Wildman–Crippen MR) is 57.2 cm³/mol. The molecule has 1 rings (SSSR count). The van der Waals surface area contributed by atoms with Gasteiger partial charge in [0.2, 0.25) is 0 Å². The summed E-state index contributed by atoms with van der Waals surface area (Å²) in [5.41, 5.74) is -0.720. The van der Waals surface area contributed by atoms with Crippen LogP contribution in [0.1, 0.15) is 26.3 Å². The molecule has 2 nitrogen and oxygen atoms in total. The molecule has 5 heteroatoms. The molecule has 0 spiro atoms. The molecule has 16 heavy (non-hydrogen) atoms. The van der Waals surface area contributed by atoms with Crippen LogP contribution in [-0.2, 0) is 6.18 Å². The SMILES string of the molecule is CC(C)C(C)Nc1ncccc1C(F)(F)F. The van der Waals surface area contributed by atoms with E-state index in [9.17, 15) is 13.2 Å². The third-order valence-corrected chi connectivity index (χ3v) is 2.48. The summed E-state index contributed by atoms with van der Waals surface area (Å²) in [5, 5.41) is 2.79. The number of hydrogen-bond acceptors (Lipinski definition) is 2. The molecule has 0 saturated carbocycles. The van der Waals surface area contributed by atoms with E-state index in [0.29, 0.717) is 0 Å². The summed E-state index contributed by atoms with van der Waals surface area (Å²) in [7, 11) is 0. The molecule has 1 heterocycles. The number of anilines is 1. The number of alkyl halides is 3. The Balaban J connectivity index is 2.96. The summed E-state index contributed by atoms with van der Waals surface area (Å²) >= 11 is 0. The molecular formula is C11H15F3N2. The van der Waals surface area contributed by atoms with E-state index >= 15 is 0 Å². The number of rotatable bonds is 3. The fourth-order valence-corrected chi connectivity index (χ4v) is 1.13. The molecule has 0 aliphatic rings. The smallest absolute Gasteiger partial charge is 0.367 e. The van der Waals surface area contributed by atoms with E-state index in [1.165, 1.54) is 12.3 Å². The lowest BCUT2D eigenvalue weighted by Gasteiger charge is -2.20. The van der Waals surface area contributed by atoms with E-state index in [2.05, 4.69) is 10.3 Å². The summed E-state index contributed by atoms with van der Waals surface area (Å²) in [6.07, 6.45) is -3.02. The van der Waals surface area contributed by atoms with Gasteiger partial charge in [0.05, 0.1) is 5.56 Å². The summed E-state index contributed by atoms with van der Waals surface area (Å²) < 4.78 is 37.9. The Morgan fingerprint density at radius 3 is 2.38 bits per heavy atom. The quantitative estimate of drug-likeness (QED) is 0.861. The second kappa shape index (κ2) is 4.72. The van der Waals surface area contributed by atoms with Crippen LogP contribution in [0, 0.1) is 5.92 Å². The lowest BCUT2D eigenvalue weighted by molar-refractivity contribution is -0.137. The van der Waals surface area contributed by atoms with Crippen LogP contribution in [0.25, 0.3) is 0 Å². The third-order valence-electron chi connectivity index (χ3n) is 2.48. The van der Waals surface area contributed by atoms with Gasteiger partial charge in [-0.15, -0.1) is 0 Å². The summed E-state index contributed by atoms with van der Waals surface area (Å²) in [6.45, 7) is 5.71. The van der Waals surface area contributed by atoms with Gasteiger partial charge in [0.15, 0.2) is 0 Å². The van der Waals surface area contributed by atoms with Crippen molar-refractivity contribution < 1.29 is 13.2 Å². The van der Waals surface area contributed by atoms with Gasteiger partial charge in [-0.1, -0.05) is 13.8 Å². The van der Waals surface area contributed by atoms with Crippen LogP contribution in [0.3, 0.4) is 0 Å². The second-order valence-electron chi connectivity index (χ2n) is 4.07. The number of aromatic nitrogens is 1. The molecule has 0 bridgehead atoms. The van der Waals surface area contributed by atoms with Crippen LogP contribution in [-0.4, -0.2) is 11.0 Å². The van der Waals surface area contributed by atoms with Crippen LogP contribution in [0.2, 0.25) is 0 Å². The van der Waals surface area contributed by atoms with Gasteiger partial charge in [0.25, 0.3) is 0 Å². The second-order valence-corrected chi connectivity index (χ2v) is 4.07. The first-order valence-electron chi connectivity index (χ1n) is 5.11. The Labute approximate surface area is 92.9 Å². The molecule has 90 valence electrons. The van der Waals surface area contributed by atoms with Crippen molar-refractivity contribution in [2.45, 2.75) is 33.0 Å². The van der Waals surface area contributed by atoms with E-state index in [0.717, 1.165) is 6.07 Å². The van der Waals surface area contributed by atoms with Crippen LogP contribution >= 0.6 is 0 Å². The fraction of sp³-hybridized carbons (Fsp3) is 0.545. The largest absolute Gasteiger partial charge is 0.419 e. The first-order valence-corrected chi connectivity index (χ1v) is 5.11. The molecule has 1 atom stereocenters. The van der Waals surface area contributed by atoms with Crippen LogP contribution in [0.15, 0.2) is 18.3 Å². The van der Waals surface area contributed by atoms with Crippen molar-refractivity contribution in [3.05, 3.63) is 23.9 Å². The Hall–Kier alpha value is -1.26. The standard InChI is InChI=1S/C11H15F3N2/c1-7(2)8(3)16-10-9(11(12,13)14)5-4-6-15-10/h4-8H,1-3H3,(H,15,16). The van der Waals surface area contributed by atoms with Crippen molar-refractivity contribution in [2.24, 2.45) is 5.92 Å². The Kier molecular flexibility index (Phi) is 3.78. The van der Waals surface area contributed by atoms with Gasteiger partial charge in [0, 0.05) is 12.2 Å². The van der Waals surface area contributed by atoms with Gasteiger partial charge in [-0.2, -0.15) is 13.2 Å². The average Bonchev–Trinajstić information content (AvgIpc) is 2.16. The van der Waals surface area contributed by atoms with E-state index in [1.807, 2.05) is 20.8 Å². The Morgan fingerprint density at radius 1 is 1.25 bits per heavy atom. The molecule has 0 radical (unpaired) electrons. The number of hydrogen-bond donors (Lipinski definition) is 1. The highest BCUT2D eigenvalue weighted by molar-refractivity contribution is 5.46. The van der Waals surface area contributed by atoms with Crippen LogP contribution in [0.5, 0.6) is 0 Å². The highest BCUT2D eigenvalue weighted by Crippen LogP contribution is 2.33. The highest BCUT2D eigenvalue weighted by atomic mass is 19.4. The molecule has 1 aromatic heterocycles. The number of halogens is 3. The van der Waals surface area contributed by atoms with Crippen molar-refractivity contribution in [2.75, 3.05) is 5.32 Å². The van der Waals surface area contributed by atoms with Crippen molar-refractivity contribution >= 4 is 5.82 Å². The number of nitrogens with one attached hydrogen (secondary N) is 1. The van der Waals surface area contributed by atoms with Gasteiger partial charge >= 0.3 is 6.18 Å². The normalized spacial score (nSPS) is 13.9. The molecule has 1 unspecified atom stereocenters. The minimum Gasteiger partial charge on any atom is -0.367 e. The first-order chi connectivity index (χ1) is 7.32. The van der Waals surface area contributed by atoms with E-state index < -0.39 is 11.7 Å². The van der Waals surface area contributed by atoms with Crippen molar-refractivity contribution in [1.29, 1.82) is 0 Å². The molecule has 0 amide bonds. The lowest BCUT2D eigenvalue weighted by atomic mass is 10.1. The molecule has 0 fully saturated rings. The Morgan fingerprint density at radius 2 is 1.88 bits per heavy atom. The first kappa shape index (κ1) is 12.8. The third kappa shape index (κ3) is 3.12. The van der Waals surface area contributed by atoms with Crippen LogP contribution < -0.4 is 5.32 Å².